The Morgan fingerprint density at radius 3 is 2.64 bits per heavy atom. The Morgan fingerprint density at radius 2 is 2.27 bits per heavy atom. The first-order valence-corrected chi connectivity index (χ1v) is 3.73. The smallest absolute Gasteiger partial charge is 0.331 e. The molecule has 1 atom stereocenters. The molecule has 0 bridgehead atoms. The second-order valence-electron chi connectivity index (χ2n) is 2.50. The quantitative estimate of drug-likeness (QED) is 0.599. The largest absolute Gasteiger partial charge is 0.478 e. The molecule has 0 radical (unpaired) electrons. The molecule has 0 saturated heterocycles. The third kappa shape index (κ3) is 4.56. The Morgan fingerprint density at radius 1 is 1.73 bits per heavy atom. The SMILES string of the molecule is CCNC(C)C=C(C)C(=O)O. The van der Waals surface area contributed by atoms with Crippen LogP contribution in [0.2, 0.25) is 0 Å². The van der Waals surface area contributed by atoms with E-state index in [0.717, 1.165) is 6.54 Å². The minimum Gasteiger partial charge on any atom is -0.478 e. The van der Waals surface area contributed by atoms with E-state index < -0.39 is 5.97 Å². The molecule has 0 aromatic heterocycles. The van der Waals surface area contributed by atoms with Gasteiger partial charge in [-0.1, -0.05) is 13.0 Å². The Labute approximate surface area is 67.1 Å². The van der Waals surface area contributed by atoms with Gasteiger partial charge in [0.15, 0.2) is 0 Å². The molecular formula is C8H15NO2. The first-order valence-electron chi connectivity index (χ1n) is 3.73. The molecule has 0 rings (SSSR count). The number of likely N-dealkylation sites (N-methyl/N-ethyl adjacent to an activating group) is 1. The van der Waals surface area contributed by atoms with Crippen molar-refractivity contribution in [1.82, 2.24) is 5.32 Å². The van der Waals surface area contributed by atoms with Crippen LogP contribution in [0.25, 0.3) is 0 Å². The van der Waals surface area contributed by atoms with Gasteiger partial charge in [-0.2, -0.15) is 0 Å². The summed E-state index contributed by atoms with van der Waals surface area (Å²) in [6, 6.07) is 0.135. The van der Waals surface area contributed by atoms with Gasteiger partial charge in [0.2, 0.25) is 0 Å². The van der Waals surface area contributed by atoms with Gasteiger partial charge in [0, 0.05) is 11.6 Å². The highest BCUT2D eigenvalue weighted by molar-refractivity contribution is 5.85. The Hall–Kier alpha value is -0.830. The van der Waals surface area contributed by atoms with Crippen molar-refractivity contribution in [2.24, 2.45) is 0 Å². The van der Waals surface area contributed by atoms with E-state index in [4.69, 9.17) is 5.11 Å². The van der Waals surface area contributed by atoms with Crippen molar-refractivity contribution >= 4 is 5.97 Å². The molecule has 2 N–H and O–H groups in total. The normalized spacial score (nSPS) is 14.6. The number of hydrogen-bond acceptors (Lipinski definition) is 2. The van der Waals surface area contributed by atoms with Crippen LogP contribution < -0.4 is 5.32 Å². The molecule has 64 valence electrons. The summed E-state index contributed by atoms with van der Waals surface area (Å²) in [6.07, 6.45) is 1.70. The van der Waals surface area contributed by atoms with Crippen LogP contribution in [0.15, 0.2) is 11.6 Å². The summed E-state index contributed by atoms with van der Waals surface area (Å²) in [7, 11) is 0. The van der Waals surface area contributed by atoms with Gasteiger partial charge in [0.1, 0.15) is 0 Å². The molecule has 3 heteroatoms. The molecule has 0 aliphatic carbocycles. The number of carboxylic acids is 1. The molecule has 3 nitrogen and oxygen atoms in total. The van der Waals surface area contributed by atoms with E-state index in [1.165, 1.54) is 0 Å². The van der Waals surface area contributed by atoms with E-state index in [9.17, 15) is 4.79 Å². The molecule has 11 heavy (non-hydrogen) atoms. The lowest BCUT2D eigenvalue weighted by atomic mass is 10.2. The Kier molecular flexibility index (Phi) is 4.54. The van der Waals surface area contributed by atoms with Gasteiger partial charge in [-0.25, -0.2) is 4.79 Å². The molecule has 0 spiro atoms. The van der Waals surface area contributed by atoms with Crippen LogP contribution in [-0.4, -0.2) is 23.7 Å². The number of hydrogen-bond donors (Lipinski definition) is 2. The van der Waals surface area contributed by atoms with E-state index in [1.54, 1.807) is 13.0 Å². The zero-order chi connectivity index (χ0) is 8.85. The molecule has 0 aromatic carbocycles. The minimum atomic E-state index is -0.852. The van der Waals surface area contributed by atoms with E-state index in [0.29, 0.717) is 5.57 Å². The van der Waals surface area contributed by atoms with E-state index in [-0.39, 0.29) is 6.04 Å². The second-order valence-corrected chi connectivity index (χ2v) is 2.50. The lowest BCUT2D eigenvalue weighted by Crippen LogP contribution is -2.24. The molecule has 0 fully saturated rings. The Bertz CT molecular complexity index is 163. The summed E-state index contributed by atoms with van der Waals surface area (Å²) < 4.78 is 0. The zero-order valence-electron chi connectivity index (χ0n) is 7.22. The van der Waals surface area contributed by atoms with Crippen LogP contribution in [0.1, 0.15) is 20.8 Å². The van der Waals surface area contributed by atoms with Crippen LogP contribution in [-0.2, 0) is 4.79 Å². The number of nitrogens with one attached hydrogen (secondary N) is 1. The number of carbonyl (C=O) groups is 1. The van der Waals surface area contributed by atoms with Crippen LogP contribution in [0.4, 0.5) is 0 Å². The molecule has 0 saturated carbocycles. The van der Waals surface area contributed by atoms with E-state index in [1.807, 2.05) is 13.8 Å². The fourth-order valence-corrected chi connectivity index (χ4v) is 0.827. The van der Waals surface area contributed by atoms with Crippen molar-refractivity contribution in [1.29, 1.82) is 0 Å². The highest BCUT2D eigenvalue weighted by Gasteiger charge is 2.01. The fraction of sp³-hybridized carbons (Fsp3) is 0.625. The summed E-state index contributed by atoms with van der Waals surface area (Å²) in [5, 5.41) is 11.6. The van der Waals surface area contributed by atoms with Crippen LogP contribution in [0.5, 0.6) is 0 Å². The second kappa shape index (κ2) is 4.91. The number of carboxylic acid groups (broad SMARTS) is 1. The van der Waals surface area contributed by atoms with Gasteiger partial charge in [-0.05, 0) is 20.4 Å². The monoisotopic (exact) mass is 157 g/mol. The van der Waals surface area contributed by atoms with Gasteiger partial charge >= 0.3 is 5.97 Å². The van der Waals surface area contributed by atoms with E-state index >= 15 is 0 Å². The first-order chi connectivity index (χ1) is 5.07. The van der Waals surface area contributed by atoms with Crippen LogP contribution in [0, 0.1) is 0 Å². The maximum Gasteiger partial charge on any atom is 0.331 e. The lowest BCUT2D eigenvalue weighted by molar-refractivity contribution is -0.132. The Balaban J connectivity index is 3.96. The predicted molar refractivity (Wildman–Crippen MR) is 44.5 cm³/mol. The van der Waals surface area contributed by atoms with Crippen molar-refractivity contribution in [3.63, 3.8) is 0 Å². The van der Waals surface area contributed by atoms with Crippen LogP contribution in [0.3, 0.4) is 0 Å². The van der Waals surface area contributed by atoms with Gasteiger partial charge in [0.05, 0.1) is 0 Å². The molecular weight excluding hydrogens is 142 g/mol. The number of rotatable bonds is 4. The van der Waals surface area contributed by atoms with Crippen molar-refractivity contribution in [2.75, 3.05) is 6.54 Å². The van der Waals surface area contributed by atoms with Crippen molar-refractivity contribution in [3.8, 4) is 0 Å². The third-order valence-electron chi connectivity index (χ3n) is 1.36. The minimum absolute atomic E-state index is 0.135. The van der Waals surface area contributed by atoms with Gasteiger partial charge in [0.25, 0.3) is 0 Å². The molecule has 0 aliphatic rings. The molecule has 0 heterocycles. The molecule has 0 aliphatic heterocycles. The maximum absolute atomic E-state index is 10.3. The average molecular weight is 157 g/mol. The molecule has 1 unspecified atom stereocenters. The summed E-state index contributed by atoms with van der Waals surface area (Å²) >= 11 is 0. The standard InChI is InChI=1S/C8H15NO2/c1-4-9-7(3)5-6(2)8(10)11/h5,7,9H,4H2,1-3H3,(H,10,11). The van der Waals surface area contributed by atoms with Crippen molar-refractivity contribution in [2.45, 2.75) is 26.8 Å². The van der Waals surface area contributed by atoms with E-state index in [2.05, 4.69) is 5.32 Å². The van der Waals surface area contributed by atoms with Gasteiger partial charge in [-0.15, -0.1) is 0 Å². The van der Waals surface area contributed by atoms with Crippen molar-refractivity contribution in [3.05, 3.63) is 11.6 Å². The molecule has 0 amide bonds. The highest BCUT2D eigenvalue weighted by atomic mass is 16.4. The average Bonchev–Trinajstić information content (AvgIpc) is 1.87. The summed E-state index contributed by atoms with van der Waals surface area (Å²) in [4.78, 5) is 10.3. The summed E-state index contributed by atoms with van der Waals surface area (Å²) in [6.45, 7) is 6.36. The fourth-order valence-electron chi connectivity index (χ4n) is 0.827. The first kappa shape index (κ1) is 10.2. The predicted octanol–water partition coefficient (Wildman–Crippen LogP) is 1.02. The summed E-state index contributed by atoms with van der Waals surface area (Å²) in [5.74, 6) is -0.852. The topological polar surface area (TPSA) is 49.3 Å². The van der Waals surface area contributed by atoms with Gasteiger partial charge < -0.3 is 10.4 Å². The summed E-state index contributed by atoms with van der Waals surface area (Å²) in [5.41, 5.74) is 0.387. The lowest BCUT2D eigenvalue weighted by Gasteiger charge is -2.06. The zero-order valence-corrected chi connectivity index (χ0v) is 7.22. The third-order valence-corrected chi connectivity index (χ3v) is 1.36. The highest BCUT2D eigenvalue weighted by Crippen LogP contribution is 1.95. The van der Waals surface area contributed by atoms with Crippen LogP contribution >= 0.6 is 0 Å². The maximum atomic E-state index is 10.3. The van der Waals surface area contributed by atoms with Gasteiger partial charge in [-0.3, -0.25) is 0 Å². The number of aliphatic carboxylic acids is 1. The van der Waals surface area contributed by atoms with Crippen molar-refractivity contribution < 1.29 is 9.90 Å². The molecule has 0 aromatic rings.